The summed E-state index contributed by atoms with van der Waals surface area (Å²) in [5, 5.41) is 2.71. The molecule has 152 valence electrons. The maximum absolute atomic E-state index is 12.9. The molecular formula is C23H20N2O4S. The van der Waals surface area contributed by atoms with E-state index in [2.05, 4.69) is 16.0 Å². The van der Waals surface area contributed by atoms with Crippen LogP contribution < -0.4 is 10.0 Å². The second-order valence-electron chi connectivity index (χ2n) is 6.31. The number of rotatable bonds is 7. The Hall–Kier alpha value is -3.76. The van der Waals surface area contributed by atoms with Crippen molar-refractivity contribution in [3.05, 3.63) is 89.4 Å². The lowest BCUT2D eigenvalue weighted by Crippen LogP contribution is -2.24. The Morgan fingerprint density at radius 2 is 1.97 bits per heavy atom. The predicted octanol–water partition coefficient (Wildman–Crippen LogP) is 4.02. The molecule has 0 spiro atoms. The van der Waals surface area contributed by atoms with Crippen molar-refractivity contribution in [2.45, 2.75) is 18.4 Å². The van der Waals surface area contributed by atoms with E-state index in [1.165, 1.54) is 24.5 Å². The van der Waals surface area contributed by atoms with Crippen LogP contribution in [0.15, 0.2) is 76.2 Å². The summed E-state index contributed by atoms with van der Waals surface area (Å²) in [6, 6.07) is 14.3. The summed E-state index contributed by atoms with van der Waals surface area (Å²) in [5.41, 5.74) is 1.57. The Labute approximate surface area is 175 Å². The van der Waals surface area contributed by atoms with Crippen molar-refractivity contribution in [1.29, 1.82) is 0 Å². The minimum absolute atomic E-state index is 0.0420. The van der Waals surface area contributed by atoms with E-state index in [9.17, 15) is 13.2 Å². The standard InChI is InChI=1S/C23H20N2O4S/c1-3-8-18-15-20(13-12-17(18)4-2)30(27,28)25-22-11-6-5-10-21(22)23(26)24-16-19-9-7-14-29-19/h2-3,5-15,25H,16H2,1H3,(H,24,26)/b8-3-. The van der Waals surface area contributed by atoms with Crippen LogP contribution in [0.2, 0.25) is 0 Å². The second-order valence-corrected chi connectivity index (χ2v) is 7.99. The minimum atomic E-state index is -3.94. The van der Waals surface area contributed by atoms with Crippen LogP contribution in [0.5, 0.6) is 0 Å². The van der Waals surface area contributed by atoms with Gasteiger partial charge in [-0.15, -0.1) is 6.42 Å². The summed E-state index contributed by atoms with van der Waals surface area (Å²) in [7, 11) is -3.94. The zero-order valence-corrected chi connectivity index (χ0v) is 17.1. The third-order valence-electron chi connectivity index (χ3n) is 4.25. The van der Waals surface area contributed by atoms with E-state index in [1.54, 1.807) is 48.6 Å². The topological polar surface area (TPSA) is 88.4 Å². The maximum Gasteiger partial charge on any atom is 0.261 e. The number of para-hydroxylation sites is 1. The number of hydrogen-bond donors (Lipinski definition) is 2. The summed E-state index contributed by atoms with van der Waals surface area (Å²) < 4.78 is 33.6. The molecule has 1 heterocycles. The van der Waals surface area contributed by atoms with E-state index in [0.29, 0.717) is 16.9 Å². The SMILES string of the molecule is C#Cc1ccc(S(=O)(=O)Nc2ccccc2C(=O)NCc2ccco2)cc1/C=C\C. The molecule has 3 rings (SSSR count). The first-order valence-electron chi connectivity index (χ1n) is 9.10. The van der Waals surface area contributed by atoms with E-state index >= 15 is 0 Å². The van der Waals surface area contributed by atoms with Crippen LogP contribution in [0, 0.1) is 12.3 Å². The van der Waals surface area contributed by atoms with Crippen molar-refractivity contribution in [2.75, 3.05) is 4.72 Å². The number of benzene rings is 2. The van der Waals surface area contributed by atoms with Crippen molar-refractivity contribution < 1.29 is 17.6 Å². The number of hydrogen-bond acceptors (Lipinski definition) is 4. The molecule has 2 N–H and O–H groups in total. The average Bonchev–Trinajstić information content (AvgIpc) is 3.26. The highest BCUT2D eigenvalue weighted by molar-refractivity contribution is 7.92. The molecule has 0 radical (unpaired) electrons. The van der Waals surface area contributed by atoms with E-state index in [0.717, 1.165) is 0 Å². The first kappa shape index (κ1) is 21.0. The zero-order chi connectivity index (χ0) is 21.6. The van der Waals surface area contributed by atoms with E-state index in [4.69, 9.17) is 10.8 Å². The molecule has 7 heteroatoms. The number of carbonyl (C=O) groups excluding carboxylic acids is 1. The number of carbonyl (C=O) groups is 1. The van der Waals surface area contributed by atoms with Crippen molar-refractivity contribution in [3.8, 4) is 12.3 Å². The molecule has 0 aliphatic rings. The number of terminal acetylenes is 1. The van der Waals surface area contributed by atoms with Gasteiger partial charge in [0.2, 0.25) is 0 Å². The molecule has 6 nitrogen and oxygen atoms in total. The van der Waals surface area contributed by atoms with Gasteiger partial charge in [0.25, 0.3) is 15.9 Å². The molecule has 1 aromatic heterocycles. The van der Waals surface area contributed by atoms with Gasteiger partial charge >= 0.3 is 0 Å². The number of nitrogens with one attached hydrogen (secondary N) is 2. The molecule has 0 aliphatic heterocycles. The molecule has 0 aliphatic carbocycles. The highest BCUT2D eigenvalue weighted by Crippen LogP contribution is 2.23. The van der Waals surface area contributed by atoms with Crippen molar-refractivity contribution >= 4 is 27.7 Å². The number of allylic oxidation sites excluding steroid dienone is 1. The summed E-state index contributed by atoms with van der Waals surface area (Å²) in [5.74, 6) is 2.69. The lowest BCUT2D eigenvalue weighted by molar-refractivity contribution is 0.0949. The molecule has 0 unspecified atom stereocenters. The van der Waals surface area contributed by atoms with Gasteiger partial charge in [-0.3, -0.25) is 9.52 Å². The van der Waals surface area contributed by atoms with Crippen LogP contribution in [0.3, 0.4) is 0 Å². The van der Waals surface area contributed by atoms with Gasteiger partial charge < -0.3 is 9.73 Å². The van der Waals surface area contributed by atoms with E-state index < -0.39 is 15.9 Å². The molecule has 3 aromatic rings. The van der Waals surface area contributed by atoms with Crippen LogP contribution in [-0.2, 0) is 16.6 Å². The van der Waals surface area contributed by atoms with Crippen LogP contribution in [-0.4, -0.2) is 14.3 Å². The highest BCUT2D eigenvalue weighted by atomic mass is 32.2. The van der Waals surface area contributed by atoms with E-state index in [-0.39, 0.29) is 22.7 Å². The van der Waals surface area contributed by atoms with Gasteiger partial charge in [-0.05, 0) is 55.0 Å². The Kier molecular flexibility index (Phi) is 6.40. The molecule has 0 atom stereocenters. The first-order valence-corrected chi connectivity index (χ1v) is 10.6. The number of sulfonamides is 1. The van der Waals surface area contributed by atoms with Crippen molar-refractivity contribution in [1.82, 2.24) is 5.32 Å². The minimum Gasteiger partial charge on any atom is -0.467 e. The summed E-state index contributed by atoms with van der Waals surface area (Å²) in [6.07, 6.45) is 10.5. The maximum atomic E-state index is 12.9. The first-order chi connectivity index (χ1) is 14.4. The van der Waals surface area contributed by atoms with Crippen LogP contribution in [0.4, 0.5) is 5.69 Å². The Morgan fingerprint density at radius 1 is 1.17 bits per heavy atom. The Balaban J connectivity index is 1.86. The van der Waals surface area contributed by atoms with Crippen LogP contribution >= 0.6 is 0 Å². The average molecular weight is 420 g/mol. The molecule has 0 fully saturated rings. The zero-order valence-electron chi connectivity index (χ0n) is 16.3. The van der Waals surface area contributed by atoms with Gasteiger partial charge in [0.05, 0.1) is 29.0 Å². The summed E-state index contributed by atoms with van der Waals surface area (Å²) in [4.78, 5) is 12.6. The fraction of sp³-hybridized carbons (Fsp3) is 0.0870. The normalized spacial score (nSPS) is 11.2. The number of amides is 1. The monoisotopic (exact) mass is 420 g/mol. The van der Waals surface area contributed by atoms with Crippen LogP contribution in [0.1, 0.15) is 34.2 Å². The highest BCUT2D eigenvalue weighted by Gasteiger charge is 2.19. The van der Waals surface area contributed by atoms with Crippen LogP contribution in [0.25, 0.3) is 6.08 Å². The lowest BCUT2D eigenvalue weighted by atomic mass is 10.1. The predicted molar refractivity (Wildman–Crippen MR) is 116 cm³/mol. The molecule has 1 amide bonds. The fourth-order valence-electron chi connectivity index (χ4n) is 2.81. The summed E-state index contributed by atoms with van der Waals surface area (Å²) >= 11 is 0. The molecule has 2 aromatic carbocycles. The van der Waals surface area contributed by atoms with Gasteiger partial charge in [0.15, 0.2) is 0 Å². The third kappa shape index (κ3) is 4.80. The van der Waals surface area contributed by atoms with Gasteiger partial charge in [0, 0.05) is 5.56 Å². The smallest absolute Gasteiger partial charge is 0.261 e. The number of anilines is 1. The van der Waals surface area contributed by atoms with Gasteiger partial charge in [-0.1, -0.05) is 30.2 Å². The molecule has 0 saturated heterocycles. The molecule has 30 heavy (non-hydrogen) atoms. The van der Waals surface area contributed by atoms with Crippen molar-refractivity contribution in [2.24, 2.45) is 0 Å². The van der Waals surface area contributed by atoms with Gasteiger partial charge in [-0.2, -0.15) is 0 Å². The molecule has 0 saturated carbocycles. The number of furan rings is 1. The van der Waals surface area contributed by atoms with Gasteiger partial charge in [0.1, 0.15) is 5.76 Å². The molecular weight excluding hydrogens is 400 g/mol. The van der Waals surface area contributed by atoms with Crippen molar-refractivity contribution in [3.63, 3.8) is 0 Å². The molecule has 0 bridgehead atoms. The quantitative estimate of drug-likeness (QED) is 0.565. The largest absolute Gasteiger partial charge is 0.467 e. The Bertz CT molecular complexity index is 1220. The summed E-state index contributed by atoms with van der Waals surface area (Å²) in [6.45, 7) is 2.00. The Morgan fingerprint density at radius 3 is 2.67 bits per heavy atom. The van der Waals surface area contributed by atoms with Gasteiger partial charge in [-0.25, -0.2) is 8.42 Å². The lowest BCUT2D eigenvalue weighted by Gasteiger charge is -2.13. The fourth-order valence-corrected chi connectivity index (χ4v) is 3.92. The second kappa shape index (κ2) is 9.16. The van der Waals surface area contributed by atoms with E-state index in [1.807, 2.05) is 6.92 Å². The third-order valence-corrected chi connectivity index (χ3v) is 5.62.